The van der Waals surface area contributed by atoms with Gasteiger partial charge in [0.15, 0.2) is 0 Å². The van der Waals surface area contributed by atoms with Crippen LogP contribution in [0.15, 0.2) is 42.5 Å². The summed E-state index contributed by atoms with van der Waals surface area (Å²) >= 11 is 0. The summed E-state index contributed by atoms with van der Waals surface area (Å²) < 4.78 is 15.7. The van der Waals surface area contributed by atoms with E-state index < -0.39 is 7.82 Å². The number of phosphoric ester groups is 1. The SMILES string of the molecule is CC(c1ccc(O)cc1)c1cc(O)ccc1OP(=O)(O)O. The van der Waals surface area contributed by atoms with E-state index in [2.05, 4.69) is 4.52 Å². The van der Waals surface area contributed by atoms with Gasteiger partial charge in [-0.1, -0.05) is 19.1 Å². The zero-order valence-electron chi connectivity index (χ0n) is 11.2. The van der Waals surface area contributed by atoms with E-state index in [9.17, 15) is 14.8 Å². The van der Waals surface area contributed by atoms with Crippen molar-refractivity contribution in [2.24, 2.45) is 0 Å². The molecule has 1 atom stereocenters. The fourth-order valence-corrected chi connectivity index (χ4v) is 2.45. The second-order valence-corrected chi connectivity index (χ2v) is 5.78. The van der Waals surface area contributed by atoms with Crippen molar-refractivity contribution in [1.82, 2.24) is 0 Å². The number of phosphoric acid groups is 1. The van der Waals surface area contributed by atoms with Crippen molar-refractivity contribution in [3.63, 3.8) is 0 Å². The molecule has 0 amide bonds. The van der Waals surface area contributed by atoms with Crippen molar-refractivity contribution >= 4 is 7.82 Å². The summed E-state index contributed by atoms with van der Waals surface area (Å²) in [5.41, 5.74) is 1.23. The Morgan fingerprint density at radius 2 is 1.57 bits per heavy atom. The zero-order chi connectivity index (χ0) is 15.6. The van der Waals surface area contributed by atoms with Gasteiger partial charge in [0.2, 0.25) is 0 Å². The summed E-state index contributed by atoms with van der Waals surface area (Å²) in [6.45, 7) is 1.80. The van der Waals surface area contributed by atoms with Gasteiger partial charge in [-0.25, -0.2) is 4.57 Å². The quantitative estimate of drug-likeness (QED) is 0.647. The largest absolute Gasteiger partial charge is 0.524 e. The van der Waals surface area contributed by atoms with Gasteiger partial charge in [-0.05, 0) is 35.9 Å². The first-order chi connectivity index (χ1) is 9.76. The van der Waals surface area contributed by atoms with E-state index >= 15 is 0 Å². The van der Waals surface area contributed by atoms with Crippen LogP contribution in [-0.4, -0.2) is 20.0 Å². The van der Waals surface area contributed by atoms with Gasteiger partial charge >= 0.3 is 7.82 Å². The van der Waals surface area contributed by atoms with Crippen LogP contribution in [0.5, 0.6) is 17.2 Å². The van der Waals surface area contributed by atoms with E-state index in [1.165, 1.54) is 30.3 Å². The maximum absolute atomic E-state index is 11.0. The van der Waals surface area contributed by atoms with Gasteiger partial charge in [0.1, 0.15) is 17.2 Å². The van der Waals surface area contributed by atoms with Crippen molar-refractivity contribution in [1.29, 1.82) is 0 Å². The van der Waals surface area contributed by atoms with Crippen LogP contribution in [0.2, 0.25) is 0 Å². The number of rotatable bonds is 4. The molecule has 0 bridgehead atoms. The smallest absolute Gasteiger partial charge is 0.508 e. The second kappa shape index (κ2) is 5.77. The first kappa shape index (κ1) is 15.4. The monoisotopic (exact) mass is 310 g/mol. The minimum atomic E-state index is -4.69. The normalized spacial score (nSPS) is 12.9. The molecule has 0 fully saturated rings. The molecule has 6 nitrogen and oxygen atoms in total. The molecule has 1 unspecified atom stereocenters. The molecule has 0 heterocycles. The Balaban J connectivity index is 2.43. The molecule has 112 valence electrons. The van der Waals surface area contributed by atoms with E-state index in [1.54, 1.807) is 19.1 Å². The minimum absolute atomic E-state index is 0.00158. The lowest BCUT2D eigenvalue weighted by Gasteiger charge is -2.18. The fourth-order valence-electron chi connectivity index (χ4n) is 2.03. The molecule has 0 aliphatic carbocycles. The van der Waals surface area contributed by atoms with Gasteiger partial charge in [-0.15, -0.1) is 0 Å². The molecule has 0 saturated heterocycles. The fraction of sp³-hybridized carbons (Fsp3) is 0.143. The molecule has 7 heteroatoms. The second-order valence-electron chi connectivity index (χ2n) is 4.62. The van der Waals surface area contributed by atoms with Crippen molar-refractivity contribution < 1.29 is 29.1 Å². The third-order valence-corrected chi connectivity index (χ3v) is 3.50. The highest BCUT2D eigenvalue weighted by Crippen LogP contribution is 2.43. The predicted octanol–water partition coefficient (Wildman–Crippen LogP) is 2.72. The third kappa shape index (κ3) is 3.98. The minimum Gasteiger partial charge on any atom is -0.508 e. The van der Waals surface area contributed by atoms with Crippen molar-refractivity contribution in [2.75, 3.05) is 0 Å². The van der Waals surface area contributed by atoms with Gasteiger partial charge in [0.25, 0.3) is 0 Å². The van der Waals surface area contributed by atoms with Crippen LogP contribution in [0.3, 0.4) is 0 Å². The number of benzene rings is 2. The Kier molecular flexibility index (Phi) is 4.23. The number of phenolic OH excluding ortho intramolecular Hbond substituents is 2. The molecule has 0 saturated carbocycles. The zero-order valence-corrected chi connectivity index (χ0v) is 12.1. The molecular formula is C14H15O6P. The summed E-state index contributed by atoms with van der Waals surface area (Å²) in [5, 5.41) is 18.9. The topological polar surface area (TPSA) is 107 Å². The molecular weight excluding hydrogens is 295 g/mol. The molecule has 2 aromatic carbocycles. The number of hydrogen-bond donors (Lipinski definition) is 4. The molecule has 2 aromatic rings. The van der Waals surface area contributed by atoms with Gasteiger partial charge in [0.05, 0.1) is 0 Å². The highest BCUT2D eigenvalue weighted by molar-refractivity contribution is 7.46. The van der Waals surface area contributed by atoms with Gasteiger partial charge in [-0.2, -0.15) is 0 Å². The molecule has 0 radical (unpaired) electrons. The summed E-state index contributed by atoms with van der Waals surface area (Å²) in [5.74, 6) is -0.205. The number of aromatic hydroxyl groups is 2. The molecule has 2 rings (SSSR count). The summed E-state index contributed by atoms with van der Waals surface area (Å²) in [7, 11) is -4.69. The summed E-state index contributed by atoms with van der Waals surface area (Å²) in [6, 6.07) is 10.4. The summed E-state index contributed by atoms with van der Waals surface area (Å²) in [6.07, 6.45) is 0. The van der Waals surface area contributed by atoms with Crippen LogP contribution in [0, 0.1) is 0 Å². The van der Waals surface area contributed by atoms with E-state index in [4.69, 9.17) is 9.79 Å². The van der Waals surface area contributed by atoms with E-state index in [0.29, 0.717) is 5.56 Å². The Morgan fingerprint density at radius 1 is 1.00 bits per heavy atom. The Labute approximate surface area is 121 Å². The molecule has 0 aliphatic heterocycles. The van der Waals surface area contributed by atoms with Crippen LogP contribution in [0.4, 0.5) is 0 Å². The highest BCUT2D eigenvalue weighted by Gasteiger charge is 2.22. The van der Waals surface area contributed by atoms with Crippen molar-refractivity contribution in [2.45, 2.75) is 12.8 Å². The van der Waals surface area contributed by atoms with Crippen LogP contribution in [-0.2, 0) is 4.57 Å². The van der Waals surface area contributed by atoms with Gasteiger partial charge in [-0.3, -0.25) is 9.79 Å². The molecule has 21 heavy (non-hydrogen) atoms. The molecule has 4 N–H and O–H groups in total. The molecule has 0 aliphatic rings. The first-order valence-corrected chi connectivity index (χ1v) is 7.66. The Morgan fingerprint density at radius 3 is 2.14 bits per heavy atom. The molecule has 0 spiro atoms. The van der Waals surface area contributed by atoms with Crippen LogP contribution in [0.1, 0.15) is 24.0 Å². The standard InChI is InChI=1S/C14H15O6P/c1-9(10-2-4-11(15)5-3-10)13-8-12(16)6-7-14(13)20-21(17,18)19/h2-9,15-16H,1H3,(H2,17,18,19). The Hall–Kier alpha value is -2.01. The third-order valence-electron chi connectivity index (χ3n) is 3.07. The van der Waals surface area contributed by atoms with Crippen LogP contribution >= 0.6 is 7.82 Å². The first-order valence-electron chi connectivity index (χ1n) is 6.13. The van der Waals surface area contributed by atoms with Crippen LogP contribution in [0.25, 0.3) is 0 Å². The van der Waals surface area contributed by atoms with E-state index in [0.717, 1.165) is 5.56 Å². The maximum Gasteiger partial charge on any atom is 0.524 e. The van der Waals surface area contributed by atoms with Gasteiger partial charge < -0.3 is 14.7 Å². The predicted molar refractivity (Wildman–Crippen MR) is 76.4 cm³/mol. The lowest BCUT2D eigenvalue weighted by Crippen LogP contribution is -2.00. The number of phenols is 2. The number of hydrogen-bond acceptors (Lipinski definition) is 4. The Bertz CT molecular complexity index is 676. The van der Waals surface area contributed by atoms with Crippen molar-refractivity contribution in [3.8, 4) is 17.2 Å². The maximum atomic E-state index is 11.0. The lowest BCUT2D eigenvalue weighted by atomic mass is 9.92. The van der Waals surface area contributed by atoms with E-state index in [1.807, 2.05) is 0 Å². The molecule has 0 aromatic heterocycles. The van der Waals surface area contributed by atoms with Gasteiger partial charge in [0, 0.05) is 11.5 Å². The highest BCUT2D eigenvalue weighted by atomic mass is 31.2. The average molecular weight is 310 g/mol. The van der Waals surface area contributed by atoms with Crippen molar-refractivity contribution in [3.05, 3.63) is 53.6 Å². The lowest BCUT2D eigenvalue weighted by molar-refractivity contribution is 0.282. The van der Waals surface area contributed by atoms with Crippen LogP contribution < -0.4 is 4.52 Å². The van der Waals surface area contributed by atoms with E-state index in [-0.39, 0.29) is 23.2 Å². The summed E-state index contributed by atoms with van der Waals surface area (Å²) in [4.78, 5) is 17.9. The average Bonchev–Trinajstić information content (AvgIpc) is 2.39.